The van der Waals surface area contributed by atoms with E-state index in [9.17, 15) is 0 Å². The zero-order chi connectivity index (χ0) is 7.49. The fourth-order valence-corrected chi connectivity index (χ4v) is 0.481. The second-order valence-electron chi connectivity index (χ2n) is 2.97. The number of allylic oxidation sites excluding steroid dienone is 1. The first-order valence-electron chi connectivity index (χ1n) is 2.83. The van der Waals surface area contributed by atoms with Crippen molar-refractivity contribution in [1.29, 1.82) is 5.26 Å². The van der Waals surface area contributed by atoms with Gasteiger partial charge in [0.2, 0.25) is 0 Å². The molecule has 0 aliphatic carbocycles. The van der Waals surface area contributed by atoms with Crippen molar-refractivity contribution >= 4 is 0 Å². The Bertz CT molecular complexity index is 145. The first kappa shape index (κ1) is 8.03. The number of hydrogen-bond donors (Lipinski definition) is 1. The third kappa shape index (κ3) is 4.89. The van der Waals surface area contributed by atoms with Crippen molar-refractivity contribution in [2.24, 2.45) is 0 Å². The summed E-state index contributed by atoms with van der Waals surface area (Å²) < 4.78 is 0. The van der Waals surface area contributed by atoms with Crippen LogP contribution in [0, 0.1) is 11.3 Å². The van der Waals surface area contributed by atoms with Gasteiger partial charge in [0, 0.05) is 5.54 Å². The number of hydrogen-bond acceptors (Lipinski definition) is 2. The van der Waals surface area contributed by atoms with Crippen LogP contribution in [-0.2, 0) is 0 Å². The molecular formula is C7H12N2. The maximum absolute atomic E-state index is 8.29. The average molecular weight is 124 g/mol. The maximum Gasteiger partial charge on any atom is 0.116 e. The normalized spacial score (nSPS) is 10.0. The van der Waals surface area contributed by atoms with Crippen LogP contribution in [0.1, 0.15) is 20.8 Å². The van der Waals surface area contributed by atoms with Crippen LogP contribution in [0.3, 0.4) is 0 Å². The topological polar surface area (TPSA) is 35.8 Å². The number of nitriles is 1. The third-order valence-electron chi connectivity index (χ3n) is 0.661. The van der Waals surface area contributed by atoms with E-state index in [2.05, 4.69) is 11.9 Å². The van der Waals surface area contributed by atoms with Gasteiger partial charge in [-0.3, -0.25) is 0 Å². The number of rotatable bonds is 1. The molecule has 0 fully saturated rings. The fraction of sp³-hybridized carbons (Fsp3) is 0.571. The molecule has 9 heavy (non-hydrogen) atoms. The lowest BCUT2D eigenvalue weighted by molar-refractivity contribution is 0.481. The minimum atomic E-state index is -0.0488. The summed E-state index contributed by atoms with van der Waals surface area (Å²) in [4.78, 5) is 0. The first-order chi connectivity index (χ1) is 3.95. The Kier molecular flexibility index (Phi) is 2.27. The highest BCUT2D eigenvalue weighted by molar-refractivity contribution is 5.15. The van der Waals surface area contributed by atoms with Crippen molar-refractivity contribution in [2.45, 2.75) is 26.3 Å². The Morgan fingerprint density at radius 2 is 2.00 bits per heavy atom. The van der Waals surface area contributed by atoms with E-state index < -0.39 is 0 Å². The van der Waals surface area contributed by atoms with Crippen molar-refractivity contribution in [2.75, 3.05) is 0 Å². The van der Waals surface area contributed by atoms with Crippen LogP contribution in [0.5, 0.6) is 0 Å². The Morgan fingerprint density at radius 1 is 1.56 bits per heavy atom. The summed E-state index contributed by atoms with van der Waals surface area (Å²) in [6.07, 6.45) is 0. The molecule has 0 aromatic heterocycles. The van der Waals surface area contributed by atoms with Crippen LogP contribution in [0.25, 0.3) is 0 Å². The van der Waals surface area contributed by atoms with Crippen LogP contribution in [0.15, 0.2) is 12.3 Å². The third-order valence-corrected chi connectivity index (χ3v) is 0.661. The van der Waals surface area contributed by atoms with Crippen molar-refractivity contribution in [3.63, 3.8) is 0 Å². The second-order valence-corrected chi connectivity index (χ2v) is 2.97. The molecule has 0 aromatic rings. The summed E-state index contributed by atoms with van der Waals surface area (Å²) in [5, 5.41) is 11.2. The van der Waals surface area contributed by atoms with Crippen LogP contribution < -0.4 is 5.32 Å². The maximum atomic E-state index is 8.29. The molecule has 0 aliphatic rings. The van der Waals surface area contributed by atoms with E-state index in [0.717, 1.165) is 0 Å². The van der Waals surface area contributed by atoms with Crippen molar-refractivity contribution in [3.8, 4) is 6.07 Å². The molecular weight excluding hydrogens is 112 g/mol. The van der Waals surface area contributed by atoms with Crippen molar-refractivity contribution in [1.82, 2.24) is 5.32 Å². The van der Waals surface area contributed by atoms with Crippen molar-refractivity contribution < 1.29 is 0 Å². The average Bonchev–Trinajstić information content (AvgIpc) is 1.62. The Balaban J connectivity index is 3.78. The van der Waals surface area contributed by atoms with E-state index in [1.807, 2.05) is 26.8 Å². The fourth-order valence-electron chi connectivity index (χ4n) is 0.481. The molecule has 0 spiro atoms. The van der Waals surface area contributed by atoms with Crippen molar-refractivity contribution in [3.05, 3.63) is 12.3 Å². The summed E-state index contributed by atoms with van der Waals surface area (Å²) >= 11 is 0. The minimum absolute atomic E-state index is 0.0488. The summed E-state index contributed by atoms with van der Waals surface area (Å²) in [5.41, 5.74) is 0.370. The molecule has 0 aliphatic heterocycles. The van der Waals surface area contributed by atoms with Crippen LogP contribution in [0.2, 0.25) is 0 Å². The van der Waals surface area contributed by atoms with Gasteiger partial charge in [0.25, 0.3) is 0 Å². The molecule has 0 saturated heterocycles. The second kappa shape index (κ2) is 2.54. The molecule has 2 nitrogen and oxygen atoms in total. The minimum Gasteiger partial charge on any atom is -0.372 e. The van der Waals surface area contributed by atoms with Gasteiger partial charge in [-0.05, 0) is 20.8 Å². The Hall–Kier alpha value is -0.970. The highest BCUT2D eigenvalue weighted by Gasteiger charge is 2.08. The van der Waals surface area contributed by atoms with Crippen LogP contribution in [-0.4, -0.2) is 5.54 Å². The van der Waals surface area contributed by atoms with E-state index in [1.165, 1.54) is 0 Å². The molecule has 0 saturated carbocycles. The highest BCUT2D eigenvalue weighted by Crippen LogP contribution is 2.00. The lowest BCUT2D eigenvalue weighted by Gasteiger charge is -2.19. The van der Waals surface area contributed by atoms with Gasteiger partial charge in [-0.1, -0.05) is 6.58 Å². The largest absolute Gasteiger partial charge is 0.372 e. The van der Waals surface area contributed by atoms with E-state index in [-0.39, 0.29) is 5.54 Å². The van der Waals surface area contributed by atoms with Gasteiger partial charge in [0.15, 0.2) is 0 Å². The summed E-state index contributed by atoms with van der Waals surface area (Å²) in [6.45, 7) is 9.43. The summed E-state index contributed by atoms with van der Waals surface area (Å²) in [7, 11) is 0. The smallest absolute Gasteiger partial charge is 0.116 e. The number of nitrogens with one attached hydrogen (secondary N) is 1. The van der Waals surface area contributed by atoms with Gasteiger partial charge in [-0.25, -0.2) is 0 Å². The van der Waals surface area contributed by atoms with Gasteiger partial charge in [-0.15, -0.1) is 0 Å². The molecule has 0 bridgehead atoms. The molecule has 0 atom stereocenters. The molecule has 0 rings (SSSR count). The molecule has 0 aromatic carbocycles. The lowest BCUT2D eigenvalue weighted by atomic mass is 10.1. The van der Waals surface area contributed by atoms with Gasteiger partial charge in [0.05, 0.1) is 0 Å². The first-order valence-corrected chi connectivity index (χ1v) is 2.83. The van der Waals surface area contributed by atoms with Gasteiger partial charge >= 0.3 is 0 Å². The molecule has 50 valence electrons. The van der Waals surface area contributed by atoms with Crippen LogP contribution >= 0.6 is 0 Å². The van der Waals surface area contributed by atoms with E-state index >= 15 is 0 Å². The predicted octanol–water partition coefficient (Wildman–Crippen LogP) is 1.41. The standard InChI is InChI=1S/C7H12N2/c1-6(5-8)9-7(2,3)4/h9H,1H2,2-4H3. The van der Waals surface area contributed by atoms with E-state index in [4.69, 9.17) is 5.26 Å². The summed E-state index contributed by atoms with van der Waals surface area (Å²) in [5.74, 6) is 0. The molecule has 0 unspecified atom stereocenters. The van der Waals surface area contributed by atoms with E-state index in [0.29, 0.717) is 5.70 Å². The zero-order valence-electron chi connectivity index (χ0n) is 6.15. The Morgan fingerprint density at radius 3 is 2.11 bits per heavy atom. The monoisotopic (exact) mass is 124 g/mol. The molecule has 1 N–H and O–H groups in total. The van der Waals surface area contributed by atoms with Gasteiger partial charge in [0.1, 0.15) is 11.8 Å². The zero-order valence-corrected chi connectivity index (χ0v) is 6.15. The molecule has 0 amide bonds. The summed E-state index contributed by atoms with van der Waals surface area (Å²) in [6, 6.07) is 1.92. The van der Waals surface area contributed by atoms with Gasteiger partial charge < -0.3 is 5.32 Å². The van der Waals surface area contributed by atoms with Gasteiger partial charge in [-0.2, -0.15) is 5.26 Å². The SMILES string of the molecule is C=C(C#N)NC(C)(C)C. The predicted molar refractivity (Wildman–Crippen MR) is 37.6 cm³/mol. The quantitative estimate of drug-likeness (QED) is 0.536. The molecule has 0 radical (unpaired) electrons. The highest BCUT2D eigenvalue weighted by atomic mass is 15.0. The Labute approximate surface area is 56.2 Å². The molecule has 0 heterocycles. The van der Waals surface area contributed by atoms with E-state index in [1.54, 1.807) is 0 Å². The number of nitrogens with zero attached hydrogens (tertiary/aromatic N) is 1. The van der Waals surface area contributed by atoms with Crippen LogP contribution in [0.4, 0.5) is 0 Å². The molecule has 2 heteroatoms. The lowest BCUT2D eigenvalue weighted by Crippen LogP contribution is -2.34.